The summed E-state index contributed by atoms with van der Waals surface area (Å²) < 4.78 is 15.4. The molecule has 4 rings (SSSR count). The Morgan fingerprint density at radius 3 is 2.46 bits per heavy atom. The Bertz CT molecular complexity index is 986. The molecule has 24 heavy (non-hydrogen) atoms. The third kappa shape index (κ3) is 2.69. The monoisotopic (exact) mass is 316 g/mol. The minimum atomic E-state index is -0.233. The van der Waals surface area contributed by atoms with Gasteiger partial charge in [-0.25, -0.2) is 9.37 Å². The zero-order chi connectivity index (χ0) is 16.5. The first-order valence-electron chi connectivity index (χ1n) is 7.98. The van der Waals surface area contributed by atoms with Gasteiger partial charge in [0.25, 0.3) is 0 Å². The number of halogens is 1. The zero-order valence-electron chi connectivity index (χ0n) is 13.4. The molecule has 0 aliphatic carbocycles. The minimum Gasteiger partial charge on any atom is -0.303 e. The Kier molecular flexibility index (Phi) is 3.62. The predicted octanol–water partition coefficient (Wildman–Crippen LogP) is 5.04. The van der Waals surface area contributed by atoms with Crippen LogP contribution in [0, 0.1) is 12.7 Å². The topological polar surface area (TPSA) is 17.3 Å². The molecule has 2 nitrogen and oxygen atoms in total. The van der Waals surface area contributed by atoms with Crippen LogP contribution in [0.15, 0.2) is 72.9 Å². The van der Waals surface area contributed by atoms with Crippen molar-refractivity contribution in [3.63, 3.8) is 0 Å². The van der Waals surface area contributed by atoms with E-state index in [1.165, 1.54) is 23.3 Å². The van der Waals surface area contributed by atoms with E-state index in [-0.39, 0.29) is 5.82 Å². The van der Waals surface area contributed by atoms with Crippen molar-refractivity contribution >= 4 is 5.65 Å². The first-order valence-corrected chi connectivity index (χ1v) is 7.98. The van der Waals surface area contributed by atoms with Crippen molar-refractivity contribution in [2.24, 2.45) is 0 Å². The second kappa shape index (κ2) is 5.93. The van der Waals surface area contributed by atoms with Gasteiger partial charge in [-0.15, -0.1) is 0 Å². The lowest BCUT2D eigenvalue weighted by Gasteiger charge is -2.06. The summed E-state index contributed by atoms with van der Waals surface area (Å²) in [6, 6.07) is 21.0. The molecule has 2 aromatic carbocycles. The third-order valence-electron chi connectivity index (χ3n) is 4.21. The number of nitrogens with zero attached hydrogens (tertiary/aromatic N) is 2. The fourth-order valence-corrected chi connectivity index (χ4v) is 2.99. The predicted molar refractivity (Wildman–Crippen MR) is 94.6 cm³/mol. The molecular formula is C21H17FN2. The van der Waals surface area contributed by atoms with Crippen LogP contribution in [0.25, 0.3) is 16.9 Å². The molecule has 118 valence electrons. The maximum atomic E-state index is 13.3. The van der Waals surface area contributed by atoms with Crippen LogP contribution in [0.3, 0.4) is 0 Å². The van der Waals surface area contributed by atoms with Crippen LogP contribution in [0.2, 0.25) is 0 Å². The number of benzene rings is 2. The quantitative estimate of drug-likeness (QED) is 0.517. The van der Waals surface area contributed by atoms with Gasteiger partial charge < -0.3 is 4.40 Å². The molecule has 0 spiro atoms. The Hall–Kier alpha value is -2.94. The molecule has 0 aliphatic rings. The summed E-state index contributed by atoms with van der Waals surface area (Å²) in [6.07, 6.45) is 2.83. The van der Waals surface area contributed by atoms with E-state index < -0.39 is 0 Å². The summed E-state index contributed by atoms with van der Waals surface area (Å²) in [7, 11) is 0. The molecule has 4 aromatic rings. The van der Waals surface area contributed by atoms with E-state index in [1.807, 2.05) is 18.2 Å². The Morgan fingerprint density at radius 2 is 1.71 bits per heavy atom. The van der Waals surface area contributed by atoms with E-state index in [0.717, 1.165) is 29.0 Å². The van der Waals surface area contributed by atoms with E-state index in [4.69, 9.17) is 4.98 Å². The van der Waals surface area contributed by atoms with E-state index >= 15 is 0 Å². The van der Waals surface area contributed by atoms with Gasteiger partial charge in [0.05, 0.1) is 11.4 Å². The van der Waals surface area contributed by atoms with Gasteiger partial charge in [-0.1, -0.05) is 30.3 Å². The summed E-state index contributed by atoms with van der Waals surface area (Å²) in [4.78, 5) is 4.81. The minimum absolute atomic E-state index is 0.233. The second-order valence-corrected chi connectivity index (χ2v) is 6.01. The smallest absolute Gasteiger partial charge is 0.137 e. The summed E-state index contributed by atoms with van der Waals surface area (Å²) in [5.74, 6) is -0.233. The average molecular weight is 316 g/mol. The summed E-state index contributed by atoms with van der Waals surface area (Å²) >= 11 is 0. The van der Waals surface area contributed by atoms with Gasteiger partial charge in [0.2, 0.25) is 0 Å². The van der Waals surface area contributed by atoms with Crippen LogP contribution < -0.4 is 0 Å². The van der Waals surface area contributed by atoms with Gasteiger partial charge in [-0.05, 0) is 54.4 Å². The van der Waals surface area contributed by atoms with E-state index in [2.05, 4.69) is 41.8 Å². The highest BCUT2D eigenvalue weighted by Gasteiger charge is 2.14. The third-order valence-corrected chi connectivity index (χ3v) is 4.21. The molecule has 0 saturated heterocycles. The van der Waals surface area contributed by atoms with Gasteiger partial charge in [0.15, 0.2) is 0 Å². The highest BCUT2D eigenvalue weighted by Crippen LogP contribution is 2.27. The molecule has 0 fully saturated rings. The fraction of sp³-hybridized carbons (Fsp3) is 0.0952. The second-order valence-electron chi connectivity index (χ2n) is 6.01. The molecule has 0 saturated carbocycles. The molecule has 0 aliphatic heterocycles. The van der Waals surface area contributed by atoms with Crippen LogP contribution in [0.5, 0.6) is 0 Å². The number of aromatic nitrogens is 2. The van der Waals surface area contributed by atoms with Crippen molar-refractivity contribution in [1.82, 2.24) is 9.38 Å². The van der Waals surface area contributed by atoms with Gasteiger partial charge in [0, 0.05) is 18.2 Å². The Labute approximate surface area is 140 Å². The highest BCUT2D eigenvalue weighted by atomic mass is 19.1. The SMILES string of the molecule is Cc1ccn2c(Cc3ccccc3)c(-c3ccc(F)cc3)nc2c1. The lowest BCUT2D eigenvalue weighted by atomic mass is 10.0. The first-order chi connectivity index (χ1) is 11.7. The van der Waals surface area contributed by atoms with Gasteiger partial charge in [0.1, 0.15) is 11.5 Å². The molecule has 0 unspecified atom stereocenters. The molecule has 0 N–H and O–H groups in total. The van der Waals surface area contributed by atoms with E-state index in [0.29, 0.717) is 0 Å². The largest absolute Gasteiger partial charge is 0.303 e. The van der Waals surface area contributed by atoms with Crippen molar-refractivity contribution < 1.29 is 4.39 Å². The van der Waals surface area contributed by atoms with E-state index in [1.54, 1.807) is 12.1 Å². The number of rotatable bonds is 3. The summed E-state index contributed by atoms with van der Waals surface area (Å²) in [6.45, 7) is 2.06. The molecular weight excluding hydrogens is 299 g/mol. The molecule has 0 radical (unpaired) electrons. The maximum Gasteiger partial charge on any atom is 0.137 e. The number of imidazole rings is 1. The van der Waals surface area contributed by atoms with Crippen LogP contribution in [0.1, 0.15) is 16.8 Å². The lowest BCUT2D eigenvalue weighted by Crippen LogP contribution is -1.96. The molecule has 0 bridgehead atoms. The van der Waals surface area contributed by atoms with Crippen molar-refractivity contribution in [3.8, 4) is 11.3 Å². The Balaban J connectivity index is 1.91. The standard InChI is InChI=1S/C21H17FN2/c1-15-11-12-24-19(14-16-5-3-2-4-6-16)21(23-20(24)13-15)17-7-9-18(22)10-8-17/h2-13H,14H2,1H3. The molecule has 2 heterocycles. The maximum absolute atomic E-state index is 13.3. The van der Waals surface area contributed by atoms with Crippen molar-refractivity contribution in [3.05, 3.63) is 95.6 Å². The fourth-order valence-electron chi connectivity index (χ4n) is 2.99. The normalized spacial score (nSPS) is 11.1. The molecule has 3 heteroatoms. The van der Waals surface area contributed by atoms with Crippen molar-refractivity contribution in [1.29, 1.82) is 0 Å². The highest BCUT2D eigenvalue weighted by molar-refractivity contribution is 5.67. The van der Waals surface area contributed by atoms with Crippen LogP contribution in [-0.2, 0) is 6.42 Å². The van der Waals surface area contributed by atoms with Gasteiger partial charge in [-0.3, -0.25) is 0 Å². The summed E-state index contributed by atoms with van der Waals surface area (Å²) in [5, 5.41) is 0. The molecule has 0 amide bonds. The molecule has 0 atom stereocenters. The van der Waals surface area contributed by atoms with Gasteiger partial charge >= 0.3 is 0 Å². The van der Waals surface area contributed by atoms with Gasteiger partial charge in [-0.2, -0.15) is 0 Å². The first kappa shape index (κ1) is 14.6. The number of hydrogen-bond donors (Lipinski definition) is 0. The number of hydrogen-bond acceptors (Lipinski definition) is 1. The van der Waals surface area contributed by atoms with Crippen LogP contribution in [-0.4, -0.2) is 9.38 Å². The number of fused-ring (bicyclic) bond motifs is 1. The lowest BCUT2D eigenvalue weighted by molar-refractivity contribution is 0.628. The summed E-state index contributed by atoms with van der Waals surface area (Å²) in [5.41, 5.74) is 6.27. The van der Waals surface area contributed by atoms with Crippen LogP contribution in [0.4, 0.5) is 4.39 Å². The average Bonchev–Trinajstić information content (AvgIpc) is 2.94. The number of aryl methyl sites for hydroxylation is 1. The number of pyridine rings is 1. The van der Waals surface area contributed by atoms with Crippen molar-refractivity contribution in [2.75, 3.05) is 0 Å². The van der Waals surface area contributed by atoms with Crippen LogP contribution >= 0.6 is 0 Å². The van der Waals surface area contributed by atoms with E-state index in [9.17, 15) is 4.39 Å². The molecule has 2 aromatic heterocycles. The van der Waals surface area contributed by atoms with Crippen molar-refractivity contribution in [2.45, 2.75) is 13.3 Å². The Morgan fingerprint density at radius 1 is 0.958 bits per heavy atom. The zero-order valence-corrected chi connectivity index (χ0v) is 13.4.